The number of nitrogens with zero attached hydrogens (tertiary/aromatic N) is 1. The number of aliphatic hydroxyl groups is 2. The Balaban J connectivity index is 1.48. The lowest BCUT2D eigenvalue weighted by atomic mass is 9.94. The number of carbonyl (C=O) groups excluding carboxylic acids is 1. The van der Waals surface area contributed by atoms with Crippen LogP contribution in [0.2, 0.25) is 0 Å². The summed E-state index contributed by atoms with van der Waals surface area (Å²) in [5.41, 5.74) is 2.76. The van der Waals surface area contributed by atoms with E-state index >= 15 is 0 Å². The molecule has 1 saturated heterocycles. The van der Waals surface area contributed by atoms with Crippen molar-refractivity contribution in [2.75, 3.05) is 13.2 Å². The lowest BCUT2D eigenvalue weighted by Gasteiger charge is -2.45. The molecular weight excluding hydrogens is 446 g/mol. The second-order valence-corrected chi connectivity index (χ2v) is 8.53. The minimum atomic E-state index is -1.16. The van der Waals surface area contributed by atoms with E-state index in [4.69, 9.17) is 14.2 Å². The fourth-order valence-corrected chi connectivity index (χ4v) is 4.17. The Kier molecular flexibility index (Phi) is 8.86. The van der Waals surface area contributed by atoms with E-state index in [9.17, 15) is 15.0 Å². The van der Waals surface area contributed by atoms with Crippen LogP contribution in [0.15, 0.2) is 91.0 Å². The van der Waals surface area contributed by atoms with E-state index < -0.39 is 37.1 Å². The summed E-state index contributed by atoms with van der Waals surface area (Å²) in [5, 5.41) is 21.2. The summed E-state index contributed by atoms with van der Waals surface area (Å²) >= 11 is 0. The first-order valence-corrected chi connectivity index (χ1v) is 11.7. The Morgan fingerprint density at radius 2 is 1.26 bits per heavy atom. The van der Waals surface area contributed by atoms with Crippen molar-refractivity contribution in [1.29, 1.82) is 0 Å². The summed E-state index contributed by atoms with van der Waals surface area (Å²) in [6, 6.07) is 27.8. The normalized spacial score (nSPS) is 22.1. The molecule has 1 fully saturated rings. The second-order valence-electron chi connectivity index (χ2n) is 8.53. The number of amides is 1. The number of ether oxygens (including phenoxy) is 3. The van der Waals surface area contributed by atoms with Crippen LogP contribution in [0, 0.1) is 0 Å². The standard InChI is InChI=1S/C28H31NO6/c30-17-24-26(31)27(34-19-22-12-6-2-7-13-22)25(33-18-21-10-4-1-5-11-21)16-29(24)28(32)35-20-23-14-8-3-9-15-23/h1-15,24-27,30-31H,16-20H2/t24-,25+,26-,27+/m0/s1. The maximum atomic E-state index is 13.0. The molecule has 0 bridgehead atoms. The summed E-state index contributed by atoms with van der Waals surface area (Å²) < 4.78 is 17.8. The van der Waals surface area contributed by atoms with Crippen LogP contribution in [-0.2, 0) is 34.0 Å². The maximum Gasteiger partial charge on any atom is 0.410 e. The van der Waals surface area contributed by atoms with Crippen molar-refractivity contribution in [2.24, 2.45) is 0 Å². The van der Waals surface area contributed by atoms with Gasteiger partial charge < -0.3 is 24.4 Å². The average Bonchev–Trinajstić information content (AvgIpc) is 2.91. The highest BCUT2D eigenvalue weighted by Crippen LogP contribution is 2.26. The van der Waals surface area contributed by atoms with Gasteiger partial charge >= 0.3 is 6.09 Å². The van der Waals surface area contributed by atoms with Crippen molar-refractivity contribution in [1.82, 2.24) is 4.90 Å². The van der Waals surface area contributed by atoms with Gasteiger partial charge in [0.05, 0.1) is 32.4 Å². The van der Waals surface area contributed by atoms with Gasteiger partial charge in [0.25, 0.3) is 0 Å². The third-order valence-electron chi connectivity index (χ3n) is 6.09. The molecule has 7 heteroatoms. The van der Waals surface area contributed by atoms with Crippen LogP contribution in [0.5, 0.6) is 0 Å². The van der Waals surface area contributed by atoms with Gasteiger partial charge in [0.15, 0.2) is 0 Å². The molecule has 3 aromatic carbocycles. The van der Waals surface area contributed by atoms with E-state index in [1.807, 2.05) is 91.0 Å². The number of likely N-dealkylation sites (tertiary alicyclic amines) is 1. The van der Waals surface area contributed by atoms with Crippen LogP contribution in [0.25, 0.3) is 0 Å². The molecule has 1 heterocycles. The molecule has 0 saturated carbocycles. The zero-order chi connectivity index (χ0) is 24.5. The molecule has 7 nitrogen and oxygen atoms in total. The van der Waals surface area contributed by atoms with Crippen molar-refractivity contribution in [2.45, 2.75) is 44.2 Å². The van der Waals surface area contributed by atoms with E-state index in [0.29, 0.717) is 6.61 Å². The predicted molar refractivity (Wildman–Crippen MR) is 130 cm³/mol. The molecule has 0 aromatic heterocycles. The van der Waals surface area contributed by atoms with Crippen LogP contribution in [0.3, 0.4) is 0 Å². The first kappa shape index (κ1) is 24.9. The van der Waals surface area contributed by atoms with Crippen LogP contribution < -0.4 is 0 Å². The third kappa shape index (κ3) is 6.68. The van der Waals surface area contributed by atoms with Gasteiger partial charge in [-0.05, 0) is 16.7 Å². The van der Waals surface area contributed by atoms with Crippen LogP contribution in [0.1, 0.15) is 16.7 Å². The summed E-state index contributed by atoms with van der Waals surface area (Å²) in [6.07, 6.45) is -3.15. The molecule has 1 amide bonds. The van der Waals surface area contributed by atoms with Crippen molar-refractivity contribution in [3.63, 3.8) is 0 Å². The molecule has 35 heavy (non-hydrogen) atoms. The molecule has 0 spiro atoms. The zero-order valence-electron chi connectivity index (χ0n) is 19.5. The molecule has 0 radical (unpaired) electrons. The highest BCUT2D eigenvalue weighted by molar-refractivity contribution is 5.68. The van der Waals surface area contributed by atoms with E-state index in [-0.39, 0.29) is 19.8 Å². The first-order valence-electron chi connectivity index (χ1n) is 11.7. The van der Waals surface area contributed by atoms with E-state index in [1.54, 1.807) is 0 Å². The van der Waals surface area contributed by atoms with Crippen molar-refractivity contribution in [3.05, 3.63) is 108 Å². The predicted octanol–water partition coefficient (Wildman–Crippen LogP) is 3.53. The van der Waals surface area contributed by atoms with E-state index in [2.05, 4.69) is 0 Å². The molecule has 184 valence electrons. The smallest absolute Gasteiger partial charge is 0.410 e. The lowest BCUT2D eigenvalue weighted by molar-refractivity contribution is -0.184. The van der Waals surface area contributed by atoms with Gasteiger partial charge in [0.1, 0.15) is 24.9 Å². The molecule has 2 N–H and O–H groups in total. The second kappa shape index (κ2) is 12.5. The number of piperidine rings is 1. The van der Waals surface area contributed by atoms with Gasteiger partial charge in [-0.3, -0.25) is 4.90 Å². The molecule has 3 aromatic rings. The van der Waals surface area contributed by atoms with Crippen molar-refractivity contribution in [3.8, 4) is 0 Å². The number of aliphatic hydroxyl groups excluding tert-OH is 2. The minimum Gasteiger partial charge on any atom is -0.445 e. The summed E-state index contributed by atoms with van der Waals surface area (Å²) in [5.74, 6) is 0. The SMILES string of the molecule is O=C(OCc1ccccc1)N1C[C@@H](OCc2ccccc2)[C@@H](OCc2ccccc2)[C@@H](O)[C@@H]1CO. The fourth-order valence-electron chi connectivity index (χ4n) is 4.17. The quantitative estimate of drug-likeness (QED) is 0.490. The highest BCUT2D eigenvalue weighted by atomic mass is 16.6. The minimum absolute atomic E-state index is 0.0912. The Morgan fingerprint density at radius 3 is 1.77 bits per heavy atom. The molecule has 1 aliphatic heterocycles. The fraction of sp³-hybridized carbons (Fsp3) is 0.321. The summed E-state index contributed by atoms with van der Waals surface area (Å²) in [7, 11) is 0. The molecule has 4 rings (SSSR count). The average molecular weight is 478 g/mol. The Bertz CT molecular complexity index is 1030. The Labute approximate surface area is 205 Å². The van der Waals surface area contributed by atoms with Gasteiger partial charge in [-0.25, -0.2) is 4.79 Å². The van der Waals surface area contributed by atoms with Gasteiger partial charge in [-0.1, -0.05) is 91.0 Å². The number of rotatable bonds is 9. The topological polar surface area (TPSA) is 88.5 Å². The number of benzene rings is 3. The van der Waals surface area contributed by atoms with Gasteiger partial charge in [0.2, 0.25) is 0 Å². The molecule has 0 unspecified atom stereocenters. The zero-order valence-corrected chi connectivity index (χ0v) is 19.5. The molecule has 0 aliphatic carbocycles. The van der Waals surface area contributed by atoms with Crippen molar-refractivity contribution < 1.29 is 29.2 Å². The molecular formula is C28H31NO6. The van der Waals surface area contributed by atoms with Crippen LogP contribution >= 0.6 is 0 Å². The van der Waals surface area contributed by atoms with Crippen molar-refractivity contribution >= 4 is 6.09 Å². The summed E-state index contributed by atoms with van der Waals surface area (Å²) in [4.78, 5) is 14.3. The van der Waals surface area contributed by atoms with Gasteiger partial charge in [0, 0.05) is 0 Å². The van der Waals surface area contributed by atoms with Crippen LogP contribution in [-0.4, -0.2) is 58.7 Å². The Morgan fingerprint density at radius 1 is 0.771 bits per heavy atom. The molecule has 1 aliphatic rings. The maximum absolute atomic E-state index is 13.0. The van der Waals surface area contributed by atoms with Gasteiger partial charge in [-0.15, -0.1) is 0 Å². The molecule has 4 atom stereocenters. The number of carbonyl (C=O) groups is 1. The van der Waals surface area contributed by atoms with E-state index in [1.165, 1.54) is 4.90 Å². The number of hydrogen-bond acceptors (Lipinski definition) is 6. The Hall–Kier alpha value is -3.23. The highest BCUT2D eigenvalue weighted by Gasteiger charge is 2.46. The largest absolute Gasteiger partial charge is 0.445 e. The summed E-state index contributed by atoms with van der Waals surface area (Å²) in [6.45, 7) is 0.332. The number of hydrogen-bond donors (Lipinski definition) is 2. The third-order valence-corrected chi connectivity index (χ3v) is 6.09. The lowest BCUT2D eigenvalue weighted by Crippen LogP contribution is -2.65. The van der Waals surface area contributed by atoms with Gasteiger partial charge in [-0.2, -0.15) is 0 Å². The van der Waals surface area contributed by atoms with Crippen LogP contribution in [0.4, 0.5) is 4.79 Å². The first-order chi connectivity index (χ1) is 17.2. The van der Waals surface area contributed by atoms with E-state index in [0.717, 1.165) is 16.7 Å². The monoisotopic (exact) mass is 477 g/mol.